The van der Waals surface area contributed by atoms with Gasteiger partial charge < -0.3 is 14.9 Å². The van der Waals surface area contributed by atoms with E-state index in [2.05, 4.69) is 15.5 Å². The molecule has 0 unspecified atom stereocenters. The Morgan fingerprint density at radius 1 is 1.42 bits per heavy atom. The minimum Gasteiger partial charge on any atom is -0.494 e. The second kappa shape index (κ2) is 7.08. The van der Waals surface area contributed by atoms with Gasteiger partial charge in [0.05, 0.1) is 19.4 Å². The molecule has 0 spiro atoms. The zero-order valence-electron chi connectivity index (χ0n) is 13.0. The number of aromatic nitrogens is 1. The van der Waals surface area contributed by atoms with Crippen molar-refractivity contribution in [2.75, 3.05) is 13.7 Å². The third kappa shape index (κ3) is 3.51. The number of oxime groups is 1. The molecule has 0 bridgehead atoms. The van der Waals surface area contributed by atoms with Gasteiger partial charge in [0.25, 0.3) is 5.91 Å². The molecule has 6 nitrogen and oxygen atoms in total. The molecule has 1 aliphatic rings. The molecule has 3 rings (SSSR count). The van der Waals surface area contributed by atoms with E-state index in [0.29, 0.717) is 29.9 Å². The van der Waals surface area contributed by atoms with Gasteiger partial charge in [-0.05, 0) is 30.3 Å². The quantitative estimate of drug-likeness (QED) is 0.912. The van der Waals surface area contributed by atoms with Gasteiger partial charge in [-0.25, -0.2) is 4.39 Å². The zero-order chi connectivity index (χ0) is 16.9. The summed E-state index contributed by atoms with van der Waals surface area (Å²) >= 11 is 0. The number of ether oxygens (including phenoxy) is 1. The van der Waals surface area contributed by atoms with Crippen LogP contribution in [-0.2, 0) is 4.84 Å². The topological polar surface area (TPSA) is 72.8 Å². The van der Waals surface area contributed by atoms with Crippen LogP contribution in [0.3, 0.4) is 0 Å². The van der Waals surface area contributed by atoms with E-state index in [1.807, 2.05) is 0 Å². The van der Waals surface area contributed by atoms with Gasteiger partial charge in [0, 0.05) is 18.2 Å². The van der Waals surface area contributed by atoms with E-state index in [0.717, 1.165) is 0 Å². The summed E-state index contributed by atoms with van der Waals surface area (Å²) in [6, 6.07) is 9.74. The number of halogens is 1. The van der Waals surface area contributed by atoms with E-state index in [9.17, 15) is 9.18 Å². The Kier molecular flexibility index (Phi) is 4.69. The molecule has 1 amide bonds. The van der Waals surface area contributed by atoms with Crippen molar-refractivity contribution in [3.8, 4) is 5.75 Å². The minimum atomic E-state index is -0.454. The molecule has 0 aliphatic carbocycles. The highest BCUT2D eigenvalue weighted by Crippen LogP contribution is 2.22. The van der Waals surface area contributed by atoms with Gasteiger partial charge in [0.2, 0.25) is 0 Å². The molecule has 124 valence electrons. The van der Waals surface area contributed by atoms with Crippen LogP contribution in [0, 0.1) is 5.82 Å². The Hall–Kier alpha value is -2.96. The fraction of sp³-hybridized carbons (Fsp3) is 0.235. The lowest BCUT2D eigenvalue weighted by atomic mass is 10.0. The van der Waals surface area contributed by atoms with Crippen molar-refractivity contribution in [1.29, 1.82) is 0 Å². The predicted octanol–water partition coefficient (Wildman–Crippen LogP) is 2.15. The monoisotopic (exact) mass is 329 g/mol. The van der Waals surface area contributed by atoms with Crippen molar-refractivity contribution < 1.29 is 18.8 Å². The fourth-order valence-electron chi connectivity index (χ4n) is 2.35. The molecule has 2 heterocycles. The van der Waals surface area contributed by atoms with Gasteiger partial charge in [-0.15, -0.1) is 0 Å². The normalized spacial score (nSPS) is 16.2. The lowest BCUT2D eigenvalue weighted by Gasteiger charge is -2.09. The predicted molar refractivity (Wildman–Crippen MR) is 85.5 cm³/mol. The Balaban J connectivity index is 1.55. The second-order valence-electron chi connectivity index (χ2n) is 5.24. The number of carbonyl (C=O) groups is 1. The highest BCUT2D eigenvalue weighted by Gasteiger charge is 2.23. The number of carbonyl (C=O) groups excluding carboxylic acids is 1. The first-order chi connectivity index (χ1) is 11.7. The molecule has 1 aliphatic heterocycles. The first-order valence-electron chi connectivity index (χ1n) is 7.43. The number of hydrogen-bond donors (Lipinski definition) is 1. The number of hydrogen-bond acceptors (Lipinski definition) is 5. The number of amides is 1. The van der Waals surface area contributed by atoms with Crippen LogP contribution in [0.4, 0.5) is 4.39 Å². The lowest BCUT2D eigenvalue weighted by Crippen LogP contribution is -2.32. The Bertz CT molecular complexity index is 765. The molecule has 0 fully saturated rings. The largest absolute Gasteiger partial charge is 0.494 e. The van der Waals surface area contributed by atoms with Crippen LogP contribution in [0.5, 0.6) is 5.75 Å². The van der Waals surface area contributed by atoms with E-state index in [1.165, 1.54) is 13.2 Å². The van der Waals surface area contributed by atoms with Gasteiger partial charge in [0.1, 0.15) is 11.8 Å². The van der Waals surface area contributed by atoms with Gasteiger partial charge in [0.15, 0.2) is 11.6 Å². The summed E-state index contributed by atoms with van der Waals surface area (Å²) in [4.78, 5) is 21.2. The smallest absolute Gasteiger partial charge is 0.270 e. The molecule has 1 atom stereocenters. The fourth-order valence-corrected chi connectivity index (χ4v) is 2.35. The molecule has 24 heavy (non-hydrogen) atoms. The maximum absolute atomic E-state index is 13.8. The van der Waals surface area contributed by atoms with E-state index < -0.39 is 5.82 Å². The number of pyridine rings is 1. The SMILES string of the molecule is COc1ccc(C2=NO[C@H](CNC(=O)c3ccccn3)C2)cc1F. The number of nitrogens with zero attached hydrogens (tertiary/aromatic N) is 2. The number of nitrogens with one attached hydrogen (secondary N) is 1. The van der Waals surface area contributed by atoms with Gasteiger partial charge in [-0.3, -0.25) is 9.78 Å². The van der Waals surface area contributed by atoms with Crippen LogP contribution in [0.2, 0.25) is 0 Å². The Morgan fingerprint density at radius 3 is 3.00 bits per heavy atom. The molecule has 1 aromatic carbocycles. The summed E-state index contributed by atoms with van der Waals surface area (Å²) in [7, 11) is 1.41. The average molecular weight is 329 g/mol. The first-order valence-corrected chi connectivity index (χ1v) is 7.43. The lowest BCUT2D eigenvalue weighted by molar-refractivity contribution is 0.0751. The van der Waals surface area contributed by atoms with Crippen LogP contribution in [-0.4, -0.2) is 36.4 Å². The summed E-state index contributed by atoms with van der Waals surface area (Å²) in [6.07, 6.45) is 1.74. The summed E-state index contributed by atoms with van der Waals surface area (Å²) in [5.41, 5.74) is 1.61. The van der Waals surface area contributed by atoms with Crippen LogP contribution in [0.1, 0.15) is 22.5 Å². The van der Waals surface area contributed by atoms with Crippen LogP contribution < -0.4 is 10.1 Å². The Labute approximate surface area is 138 Å². The average Bonchev–Trinajstić information content (AvgIpc) is 3.09. The molecule has 2 aromatic rings. The standard InChI is InChI=1S/C17H16FN3O3/c1-23-16-6-5-11(8-13(16)18)15-9-12(24-21-15)10-20-17(22)14-4-2-3-7-19-14/h2-8,12H,9-10H2,1H3,(H,20,22)/t12-/m0/s1. The van der Waals surface area contributed by atoms with Crippen molar-refractivity contribution in [3.63, 3.8) is 0 Å². The molecule has 0 radical (unpaired) electrons. The molecular formula is C17H16FN3O3. The minimum absolute atomic E-state index is 0.178. The van der Waals surface area contributed by atoms with E-state index >= 15 is 0 Å². The van der Waals surface area contributed by atoms with Crippen molar-refractivity contribution in [3.05, 3.63) is 59.7 Å². The van der Waals surface area contributed by atoms with Crippen molar-refractivity contribution in [2.24, 2.45) is 5.16 Å². The molecule has 0 saturated carbocycles. The third-order valence-corrected chi connectivity index (χ3v) is 3.61. The van der Waals surface area contributed by atoms with Crippen LogP contribution in [0.25, 0.3) is 0 Å². The number of methoxy groups -OCH3 is 1. The molecular weight excluding hydrogens is 313 g/mol. The number of rotatable bonds is 5. The zero-order valence-corrected chi connectivity index (χ0v) is 13.0. The van der Waals surface area contributed by atoms with Crippen molar-refractivity contribution in [1.82, 2.24) is 10.3 Å². The van der Waals surface area contributed by atoms with Crippen molar-refractivity contribution in [2.45, 2.75) is 12.5 Å². The summed E-state index contributed by atoms with van der Waals surface area (Å²) < 4.78 is 18.6. The molecule has 1 aromatic heterocycles. The maximum atomic E-state index is 13.8. The summed E-state index contributed by atoms with van der Waals surface area (Å²) in [5, 5.41) is 6.73. The van der Waals surface area contributed by atoms with E-state index in [4.69, 9.17) is 9.57 Å². The van der Waals surface area contributed by atoms with Gasteiger partial charge in [-0.1, -0.05) is 11.2 Å². The van der Waals surface area contributed by atoms with Crippen molar-refractivity contribution >= 4 is 11.6 Å². The van der Waals surface area contributed by atoms with Gasteiger partial charge >= 0.3 is 0 Å². The van der Waals surface area contributed by atoms with Crippen LogP contribution >= 0.6 is 0 Å². The first kappa shape index (κ1) is 15.9. The van der Waals surface area contributed by atoms with Crippen LogP contribution in [0.15, 0.2) is 47.8 Å². The number of benzene rings is 1. The van der Waals surface area contributed by atoms with E-state index in [1.54, 1.807) is 36.5 Å². The molecule has 1 N–H and O–H groups in total. The Morgan fingerprint density at radius 2 is 2.29 bits per heavy atom. The maximum Gasteiger partial charge on any atom is 0.270 e. The third-order valence-electron chi connectivity index (χ3n) is 3.61. The summed E-state index contributed by atoms with van der Waals surface area (Å²) in [6.45, 7) is 0.293. The summed E-state index contributed by atoms with van der Waals surface area (Å²) in [5.74, 6) is -0.551. The molecule has 7 heteroatoms. The second-order valence-corrected chi connectivity index (χ2v) is 5.24. The van der Waals surface area contributed by atoms with E-state index in [-0.39, 0.29) is 17.8 Å². The highest BCUT2D eigenvalue weighted by molar-refractivity contribution is 6.01. The van der Waals surface area contributed by atoms with Gasteiger partial charge in [-0.2, -0.15) is 0 Å². The highest BCUT2D eigenvalue weighted by atomic mass is 19.1. The molecule has 0 saturated heterocycles.